The van der Waals surface area contributed by atoms with Gasteiger partial charge in [-0.15, -0.1) is 6.58 Å². The zero-order valence-corrected chi connectivity index (χ0v) is 13.0. The number of aliphatic imine (C=N–C) groups is 1. The molecule has 1 fully saturated rings. The van der Waals surface area contributed by atoms with Gasteiger partial charge in [0.05, 0.1) is 5.69 Å². The van der Waals surface area contributed by atoms with Crippen molar-refractivity contribution in [1.82, 2.24) is 9.80 Å². The molecule has 0 unspecified atom stereocenters. The Morgan fingerprint density at radius 2 is 1.95 bits per heavy atom. The van der Waals surface area contributed by atoms with Crippen LogP contribution in [0, 0.1) is 0 Å². The van der Waals surface area contributed by atoms with E-state index in [4.69, 9.17) is 4.99 Å². The van der Waals surface area contributed by atoms with E-state index in [1.165, 1.54) is 0 Å². The van der Waals surface area contributed by atoms with E-state index in [-0.39, 0.29) is 0 Å². The molecule has 1 aromatic rings. The molecular formula is C16H23N3S. The second kappa shape index (κ2) is 8.12. The van der Waals surface area contributed by atoms with Crippen molar-refractivity contribution in [3.63, 3.8) is 0 Å². The monoisotopic (exact) mass is 289 g/mol. The van der Waals surface area contributed by atoms with Crippen LogP contribution in [0.1, 0.15) is 6.92 Å². The highest BCUT2D eigenvalue weighted by Crippen LogP contribution is 2.18. The quantitative estimate of drug-likeness (QED) is 0.482. The lowest BCUT2D eigenvalue weighted by atomic mass is 10.3. The van der Waals surface area contributed by atoms with E-state index >= 15 is 0 Å². The van der Waals surface area contributed by atoms with Crippen molar-refractivity contribution in [1.29, 1.82) is 0 Å². The van der Waals surface area contributed by atoms with Gasteiger partial charge in [0.1, 0.15) is 0 Å². The maximum absolute atomic E-state index is 4.81. The highest BCUT2D eigenvalue weighted by molar-refractivity contribution is 8.13. The van der Waals surface area contributed by atoms with E-state index in [0.29, 0.717) is 0 Å². The number of amidine groups is 1. The second-order valence-electron chi connectivity index (χ2n) is 4.74. The normalized spacial score (nSPS) is 17.2. The van der Waals surface area contributed by atoms with Gasteiger partial charge in [-0.05, 0) is 17.9 Å². The Labute approximate surface area is 126 Å². The molecule has 2 rings (SSSR count). The first kappa shape index (κ1) is 15.1. The number of para-hydroxylation sites is 1. The Bertz CT molecular complexity index is 436. The van der Waals surface area contributed by atoms with Gasteiger partial charge in [0.15, 0.2) is 5.17 Å². The van der Waals surface area contributed by atoms with E-state index in [2.05, 4.69) is 35.4 Å². The molecule has 1 aliphatic rings. The predicted octanol–water partition coefficient (Wildman–Crippen LogP) is 3.23. The Morgan fingerprint density at radius 3 is 2.55 bits per heavy atom. The van der Waals surface area contributed by atoms with Crippen LogP contribution in [-0.4, -0.2) is 53.4 Å². The molecule has 20 heavy (non-hydrogen) atoms. The van der Waals surface area contributed by atoms with Crippen LogP contribution in [0.2, 0.25) is 0 Å². The number of hydrogen-bond acceptors (Lipinski definition) is 3. The van der Waals surface area contributed by atoms with Gasteiger partial charge in [0, 0.05) is 32.7 Å². The SMILES string of the molecule is C=CCN1CCN(C(=Nc2ccccc2)SCC)CC1. The van der Waals surface area contributed by atoms with Crippen molar-refractivity contribution in [3.8, 4) is 0 Å². The first-order chi connectivity index (χ1) is 9.83. The third-order valence-electron chi connectivity index (χ3n) is 3.28. The number of rotatable bonds is 4. The molecule has 108 valence electrons. The molecule has 0 bridgehead atoms. The van der Waals surface area contributed by atoms with Crippen LogP contribution in [0.15, 0.2) is 48.0 Å². The lowest BCUT2D eigenvalue weighted by Crippen LogP contribution is -2.47. The Kier molecular flexibility index (Phi) is 6.15. The highest BCUT2D eigenvalue weighted by Gasteiger charge is 2.19. The van der Waals surface area contributed by atoms with Gasteiger partial charge in [-0.2, -0.15) is 0 Å². The number of hydrogen-bond donors (Lipinski definition) is 0. The molecule has 0 radical (unpaired) electrons. The van der Waals surface area contributed by atoms with Crippen molar-refractivity contribution < 1.29 is 0 Å². The lowest BCUT2D eigenvalue weighted by molar-refractivity contribution is 0.200. The van der Waals surface area contributed by atoms with Gasteiger partial charge in [0.2, 0.25) is 0 Å². The summed E-state index contributed by atoms with van der Waals surface area (Å²) in [6.07, 6.45) is 1.98. The van der Waals surface area contributed by atoms with Crippen LogP contribution in [-0.2, 0) is 0 Å². The molecule has 1 saturated heterocycles. The van der Waals surface area contributed by atoms with Gasteiger partial charge in [-0.25, -0.2) is 4.99 Å². The molecule has 0 spiro atoms. The first-order valence-electron chi connectivity index (χ1n) is 7.18. The van der Waals surface area contributed by atoms with Crippen molar-refractivity contribution in [2.45, 2.75) is 6.92 Å². The average molecular weight is 289 g/mol. The van der Waals surface area contributed by atoms with E-state index in [1.54, 1.807) is 0 Å². The van der Waals surface area contributed by atoms with Crippen LogP contribution >= 0.6 is 11.8 Å². The Hall–Kier alpha value is -1.26. The van der Waals surface area contributed by atoms with E-state index < -0.39 is 0 Å². The lowest BCUT2D eigenvalue weighted by Gasteiger charge is -2.35. The maximum Gasteiger partial charge on any atom is 0.164 e. The fourth-order valence-electron chi connectivity index (χ4n) is 2.24. The second-order valence-corrected chi connectivity index (χ2v) is 5.97. The summed E-state index contributed by atoms with van der Waals surface area (Å²) in [5, 5.41) is 1.15. The minimum absolute atomic E-state index is 0.986. The summed E-state index contributed by atoms with van der Waals surface area (Å²) in [6.45, 7) is 11.2. The highest BCUT2D eigenvalue weighted by atomic mass is 32.2. The third kappa shape index (κ3) is 4.39. The Morgan fingerprint density at radius 1 is 1.25 bits per heavy atom. The smallest absolute Gasteiger partial charge is 0.164 e. The Balaban J connectivity index is 2.03. The molecule has 0 amide bonds. The van der Waals surface area contributed by atoms with Crippen molar-refractivity contribution >= 4 is 22.6 Å². The molecule has 0 saturated carbocycles. The topological polar surface area (TPSA) is 18.8 Å². The van der Waals surface area contributed by atoms with Crippen LogP contribution in [0.5, 0.6) is 0 Å². The summed E-state index contributed by atoms with van der Waals surface area (Å²) in [7, 11) is 0. The molecule has 0 atom stereocenters. The van der Waals surface area contributed by atoms with E-state index in [0.717, 1.165) is 49.3 Å². The summed E-state index contributed by atoms with van der Waals surface area (Å²) in [5.41, 5.74) is 1.04. The fourth-order valence-corrected chi connectivity index (χ4v) is 3.03. The first-order valence-corrected chi connectivity index (χ1v) is 8.16. The summed E-state index contributed by atoms with van der Waals surface area (Å²) in [4.78, 5) is 9.64. The summed E-state index contributed by atoms with van der Waals surface area (Å²) >= 11 is 1.83. The summed E-state index contributed by atoms with van der Waals surface area (Å²) in [6, 6.07) is 10.2. The minimum Gasteiger partial charge on any atom is -0.349 e. The predicted molar refractivity (Wildman–Crippen MR) is 89.9 cm³/mol. The third-order valence-corrected chi connectivity index (χ3v) is 4.18. The zero-order chi connectivity index (χ0) is 14.2. The van der Waals surface area contributed by atoms with Gasteiger partial charge in [-0.1, -0.05) is 43.0 Å². The fraction of sp³-hybridized carbons (Fsp3) is 0.438. The summed E-state index contributed by atoms with van der Waals surface area (Å²) < 4.78 is 0. The largest absolute Gasteiger partial charge is 0.349 e. The minimum atomic E-state index is 0.986. The van der Waals surface area contributed by atoms with Crippen molar-refractivity contribution in [2.24, 2.45) is 4.99 Å². The molecule has 1 heterocycles. The number of nitrogens with zero attached hydrogens (tertiary/aromatic N) is 3. The zero-order valence-electron chi connectivity index (χ0n) is 12.2. The number of benzene rings is 1. The molecule has 3 nitrogen and oxygen atoms in total. The average Bonchev–Trinajstić information content (AvgIpc) is 2.49. The molecule has 1 aliphatic heterocycles. The van der Waals surface area contributed by atoms with Crippen LogP contribution in [0.3, 0.4) is 0 Å². The van der Waals surface area contributed by atoms with Gasteiger partial charge in [-0.3, -0.25) is 4.90 Å². The maximum atomic E-state index is 4.81. The van der Waals surface area contributed by atoms with Gasteiger partial charge in [0.25, 0.3) is 0 Å². The van der Waals surface area contributed by atoms with Crippen LogP contribution in [0.4, 0.5) is 5.69 Å². The standard InChI is InChI=1S/C16H23N3S/c1-3-10-18-11-13-19(14-12-18)16(20-4-2)17-15-8-6-5-7-9-15/h3,5-9H,1,4,10-14H2,2H3. The van der Waals surface area contributed by atoms with Crippen molar-refractivity contribution in [3.05, 3.63) is 43.0 Å². The van der Waals surface area contributed by atoms with E-state index in [1.807, 2.05) is 36.0 Å². The van der Waals surface area contributed by atoms with Crippen LogP contribution < -0.4 is 0 Å². The van der Waals surface area contributed by atoms with Crippen LogP contribution in [0.25, 0.3) is 0 Å². The number of thioether (sulfide) groups is 1. The molecule has 0 N–H and O–H groups in total. The van der Waals surface area contributed by atoms with E-state index in [9.17, 15) is 0 Å². The molecule has 0 aromatic heterocycles. The molecule has 0 aliphatic carbocycles. The molecule has 4 heteroatoms. The van der Waals surface area contributed by atoms with Gasteiger partial charge < -0.3 is 4.90 Å². The molecule has 1 aromatic carbocycles. The number of piperazine rings is 1. The molecular weight excluding hydrogens is 266 g/mol. The van der Waals surface area contributed by atoms with Gasteiger partial charge >= 0.3 is 0 Å². The summed E-state index contributed by atoms with van der Waals surface area (Å²) in [5.74, 6) is 1.05. The van der Waals surface area contributed by atoms with Crippen molar-refractivity contribution in [2.75, 3.05) is 38.5 Å².